The number of benzene rings is 2. The third-order valence-corrected chi connectivity index (χ3v) is 4.70. The molecule has 6 nitrogen and oxygen atoms in total. The van der Waals surface area contributed by atoms with Gasteiger partial charge in [-0.25, -0.2) is 0 Å². The van der Waals surface area contributed by atoms with Crippen molar-refractivity contribution in [3.63, 3.8) is 0 Å². The Hall–Kier alpha value is -2.80. The first-order valence-corrected chi connectivity index (χ1v) is 9.12. The predicted octanol–water partition coefficient (Wildman–Crippen LogP) is 2.62. The summed E-state index contributed by atoms with van der Waals surface area (Å²) < 4.78 is 59.5. The van der Waals surface area contributed by atoms with Gasteiger partial charge in [0.2, 0.25) is 17.4 Å². The summed E-state index contributed by atoms with van der Waals surface area (Å²) in [5, 5.41) is 0. The summed E-state index contributed by atoms with van der Waals surface area (Å²) in [5.74, 6) is -2.75. The van der Waals surface area contributed by atoms with E-state index in [9.17, 15) is 13.2 Å². The van der Waals surface area contributed by atoms with E-state index in [1.807, 2.05) is 6.92 Å². The highest BCUT2D eigenvalue weighted by molar-refractivity contribution is 7.86. The monoisotopic (exact) mass is 376 g/mol. The maximum atomic E-state index is 12.8. The Balaban J connectivity index is 1.95. The summed E-state index contributed by atoms with van der Waals surface area (Å²) in [7, 11) is -5.00. The third kappa shape index (κ3) is 3.72. The first-order valence-electron chi connectivity index (χ1n) is 9.21. The lowest BCUT2D eigenvalue weighted by Gasteiger charge is -2.12. The van der Waals surface area contributed by atoms with Gasteiger partial charge in [0.25, 0.3) is 0 Å². The fourth-order valence-corrected chi connectivity index (χ4v) is 3.19. The molecule has 1 heterocycles. The molecule has 136 valence electrons. The second-order valence-corrected chi connectivity index (χ2v) is 7.04. The summed E-state index contributed by atoms with van der Waals surface area (Å²) in [6.07, 6.45) is -2.33. The number of carbonyl (C=O) groups excluding carboxylic acids is 1. The number of ketones is 1. The van der Waals surface area contributed by atoms with Gasteiger partial charge >= 0.3 is 10.1 Å². The van der Waals surface area contributed by atoms with Crippen LogP contribution >= 0.6 is 0 Å². The minimum atomic E-state index is -5.00. The van der Waals surface area contributed by atoms with Crippen molar-refractivity contribution in [2.45, 2.75) is 25.6 Å². The van der Waals surface area contributed by atoms with Crippen molar-refractivity contribution < 1.29 is 26.2 Å². The van der Waals surface area contributed by atoms with Crippen LogP contribution in [0.25, 0.3) is 0 Å². The highest BCUT2D eigenvalue weighted by Gasteiger charge is 2.39. The fourth-order valence-electron chi connectivity index (χ4n) is 2.35. The van der Waals surface area contributed by atoms with Gasteiger partial charge in [-0.3, -0.25) is 4.79 Å². The minimum absolute atomic E-state index is 0.149. The average molecular weight is 376 g/mol. The van der Waals surface area contributed by atoms with Crippen LogP contribution < -0.4 is 5.73 Å². The van der Waals surface area contributed by atoms with Crippen LogP contribution in [0.1, 0.15) is 32.4 Å². The van der Waals surface area contributed by atoms with Crippen molar-refractivity contribution in [2.24, 2.45) is 5.73 Å². The lowest BCUT2D eigenvalue weighted by atomic mass is 10.0. The van der Waals surface area contributed by atoms with Crippen LogP contribution in [-0.2, 0) is 29.5 Å². The molecule has 0 fully saturated rings. The Morgan fingerprint density at radius 2 is 1.88 bits per heavy atom. The third-order valence-electron chi connectivity index (χ3n) is 3.83. The van der Waals surface area contributed by atoms with E-state index in [2.05, 4.69) is 0 Å². The quantitative estimate of drug-likeness (QED) is 0.806. The zero-order valence-electron chi connectivity index (χ0n) is 17.1. The Morgan fingerprint density at radius 1 is 1.19 bits per heavy atom. The van der Waals surface area contributed by atoms with Gasteiger partial charge in [0.05, 0.1) is 4.11 Å². The minimum Gasteiger partial charge on any atom is -0.460 e. The molecule has 1 aliphatic heterocycles. The van der Waals surface area contributed by atoms with Crippen LogP contribution in [0.3, 0.4) is 0 Å². The van der Waals surface area contributed by atoms with Gasteiger partial charge < -0.3 is 14.7 Å². The van der Waals surface area contributed by atoms with E-state index < -0.39 is 39.3 Å². The SMILES string of the molecule is [2H]C([2H])(c1ccccc1)S(=O)(=O)OC1=C(N)O[C@@]([2H])(c2ccc(C)c(C)c2)C1=O. The zero-order valence-corrected chi connectivity index (χ0v) is 15.0. The molecule has 0 spiro atoms. The number of carbonyl (C=O) groups is 1. The Bertz CT molecular complexity index is 1120. The van der Waals surface area contributed by atoms with Crippen LogP contribution in [0.15, 0.2) is 60.2 Å². The van der Waals surface area contributed by atoms with E-state index in [1.54, 1.807) is 25.1 Å². The van der Waals surface area contributed by atoms with E-state index in [0.29, 0.717) is 0 Å². The lowest BCUT2D eigenvalue weighted by Crippen LogP contribution is -2.16. The number of aryl methyl sites for hydroxylation is 2. The van der Waals surface area contributed by atoms with Gasteiger partial charge in [0.1, 0.15) is 5.70 Å². The van der Waals surface area contributed by atoms with Gasteiger partial charge in [0.15, 0.2) is 6.08 Å². The van der Waals surface area contributed by atoms with E-state index in [0.717, 1.165) is 11.1 Å². The number of hydrogen-bond donors (Lipinski definition) is 1. The number of nitrogens with two attached hydrogens (primary N) is 1. The molecule has 0 unspecified atom stereocenters. The summed E-state index contributed by atoms with van der Waals surface area (Å²) in [5.41, 5.74) is 4.37. The van der Waals surface area contributed by atoms with Gasteiger partial charge in [-0.15, -0.1) is 0 Å². The fraction of sp³-hybridized carbons (Fsp3) is 0.211. The largest absolute Gasteiger partial charge is 0.460 e. The Morgan fingerprint density at radius 3 is 2.54 bits per heavy atom. The molecule has 2 N–H and O–H groups in total. The summed E-state index contributed by atoms with van der Waals surface area (Å²) in [6, 6.07) is 11.8. The van der Waals surface area contributed by atoms with Crippen LogP contribution in [0, 0.1) is 13.8 Å². The van der Waals surface area contributed by atoms with Gasteiger partial charge in [-0.1, -0.05) is 48.5 Å². The molecular weight excluding hydrogens is 354 g/mol. The van der Waals surface area contributed by atoms with Crippen molar-refractivity contribution in [3.05, 3.63) is 82.4 Å². The van der Waals surface area contributed by atoms with Crippen molar-refractivity contribution in [1.82, 2.24) is 0 Å². The molecule has 2 aromatic rings. The molecular formula is C19H19NO5S. The number of hydrogen-bond acceptors (Lipinski definition) is 6. The molecule has 7 heteroatoms. The summed E-state index contributed by atoms with van der Waals surface area (Å²) in [4.78, 5) is 12.8. The highest BCUT2D eigenvalue weighted by atomic mass is 32.2. The smallest absolute Gasteiger partial charge is 0.313 e. The molecule has 0 saturated carbocycles. The molecule has 0 saturated heterocycles. The molecule has 1 aliphatic rings. The van der Waals surface area contributed by atoms with Gasteiger partial charge in [-0.05, 0) is 30.5 Å². The van der Waals surface area contributed by atoms with E-state index in [1.165, 1.54) is 30.3 Å². The average Bonchev–Trinajstić information content (AvgIpc) is 2.88. The van der Waals surface area contributed by atoms with Crippen LogP contribution in [0.5, 0.6) is 0 Å². The Labute approximate surface area is 156 Å². The topological polar surface area (TPSA) is 95.7 Å². The highest BCUT2D eigenvalue weighted by Crippen LogP contribution is 2.33. The van der Waals surface area contributed by atoms with Crippen LogP contribution in [0.4, 0.5) is 0 Å². The summed E-state index contributed by atoms with van der Waals surface area (Å²) >= 11 is 0. The number of Topliss-reactive ketones (excluding diaryl/α,β-unsaturated/α-hetero) is 1. The van der Waals surface area contributed by atoms with Gasteiger partial charge in [-0.2, -0.15) is 8.42 Å². The molecule has 0 bridgehead atoms. The predicted molar refractivity (Wildman–Crippen MR) is 96.1 cm³/mol. The molecule has 0 radical (unpaired) electrons. The second-order valence-electron chi connectivity index (χ2n) is 5.76. The maximum Gasteiger partial charge on any atom is 0.313 e. The van der Waals surface area contributed by atoms with E-state index in [4.69, 9.17) is 18.8 Å². The van der Waals surface area contributed by atoms with Crippen LogP contribution in [-0.4, -0.2) is 14.2 Å². The second kappa shape index (κ2) is 6.84. The standard InChI is InChI=1S/C19H19NO5S/c1-12-8-9-15(10-13(12)2)17-16(21)18(19(20)24-17)25-26(22,23)11-14-6-4-3-5-7-14/h3-10,17H,11,20H2,1-2H3/t17-/m0/s1/i11D2,17D. The van der Waals surface area contributed by atoms with Crippen molar-refractivity contribution in [3.8, 4) is 0 Å². The first kappa shape index (κ1) is 14.4. The van der Waals surface area contributed by atoms with Crippen molar-refractivity contribution >= 4 is 15.9 Å². The normalized spacial score (nSPS) is 22.4. The number of rotatable bonds is 5. The maximum absolute atomic E-state index is 12.8. The lowest BCUT2D eigenvalue weighted by molar-refractivity contribution is -0.123. The molecule has 3 rings (SSSR count). The Kier molecular flexibility index (Phi) is 3.78. The molecule has 0 aliphatic carbocycles. The molecule has 2 aromatic carbocycles. The van der Waals surface area contributed by atoms with Gasteiger partial charge in [0, 0.05) is 5.56 Å². The van der Waals surface area contributed by atoms with E-state index >= 15 is 0 Å². The number of ether oxygens (including phenoxy) is 1. The molecule has 0 aromatic heterocycles. The zero-order chi connectivity index (χ0) is 21.6. The van der Waals surface area contributed by atoms with E-state index in [-0.39, 0.29) is 11.1 Å². The van der Waals surface area contributed by atoms with Crippen LogP contribution in [0.2, 0.25) is 0 Å². The molecule has 1 atom stereocenters. The van der Waals surface area contributed by atoms with Crippen molar-refractivity contribution in [2.75, 3.05) is 0 Å². The first-order chi connectivity index (χ1) is 13.4. The molecule has 0 amide bonds. The summed E-state index contributed by atoms with van der Waals surface area (Å²) in [6.45, 7) is 3.64. The van der Waals surface area contributed by atoms with Crippen molar-refractivity contribution in [1.29, 1.82) is 0 Å². The molecule has 26 heavy (non-hydrogen) atoms.